The van der Waals surface area contributed by atoms with Crippen LogP contribution in [0, 0.1) is 0 Å². The van der Waals surface area contributed by atoms with Crippen LogP contribution in [0.25, 0.3) is 0 Å². The Morgan fingerprint density at radius 3 is 2.72 bits per heavy atom. The first-order chi connectivity index (χ1) is 12.1. The lowest BCUT2D eigenvalue weighted by atomic mass is 10.0. The SMILES string of the molecule is CCCCCC(O)CC(=O)CCc1ccc(OCCCBr)c(OC)c1. The molecule has 25 heavy (non-hydrogen) atoms. The molecule has 142 valence electrons. The maximum atomic E-state index is 12.0. The van der Waals surface area contributed by atoms with Crippen molar-refractivity contribution >= 4 is 21.7 Å². The van der Waals surface area contributed by atoms with Crippen molar-refractivity contribution in [2.75, 3.05) is 19.0 Å². The average molecular weight is 415 g/mol. The fraction of sp³-hybridized carbons (Fsp3) is 0.650. The highest BCUT2D eigenvalue weighted by atomic mass is 79.9. The zero-order chi connectivity index (χ0) is 18.5. The van der Waals surface area contributed by atoms with Crippen molar-refractivity contribution < 1.29 is 19.4 Å². The van der Waals surface area contributed by atoms with Crippen LogP contribution in [0.1, 0.15) is 57.4 Å². The summed E-state index contributed by atoms with van der Waals surface area (Å²) in [4.78, 5) is 12.0. The number of carbonyl (C=O) groups is 1. The number of ketones is 1. The number of Topliss-reactive ketones (excluding diaryl/α,β-unsaturated/α-hetero) is 1. The molecule has 1 N–H and O–H groups in total. The fourth-order valence-corrected chi connectivity index (χ4v) is 2.83. The number of halogens is 1. The Kier molecular flexibility index (Phi) is 11.6. The molecule has 4 nitrogen and oxygen atoms in total. The number of benzene rings is 1. The predicted molar refractivity (Wildman–Crippen MR) is 105 cm³/mol. The van der Waals surface area contributed by atoms with E-state index in [-0.39, 0.29) is 12.2 Å². The summed E-state index contributed by atoms with van der Waals surface area (Å²) in [5.41, 5.74) is 1.04. The number of hydrogen-bond donors (Lipinski definition) is 1. The number of aliphatic hydroxyl groups excluding tert-OH is 1. The van der Waals surface area contributed by atoms with E-state index in [4.69, 9.17) is 9.47 Å². The molecule has 0 aliphatic rings. The Hall–Kier alpha value is -1.07. The second-order valence-corrected chi connectivity index (χ2v) is 7.06. The van der Waals surface area contributed by atoms with Crippen molar-refractivity contribution in [2.24, 2.45) is 0 Å². The molecule has 0 saturated heterocycles. The number of aryl methyl sites for hydroxylation is 1. The highest BCUT2D eigenvalue weighted by Gasteiger charge is 2.12. The zero-order valence-electron chi connectivity index (χ0n) is 15.4. The van der Waals surface area contributed by atoms with Crippen molar-refractivity contribution in [1.29, 1.82) is 0 Å². The van der Waals surface area contributed by atoms with Gasteiger partial charge in [-0.05, 0) is 37.0 Å². The van der Waals surface area contributed by atoms with E-state index in [0.29, 0.717) is 31.6 Å². The normalized spacial score (nSPS) is 12.0. The predicted octanol–water partition coefficient (Wildman–Crippen LogP) is 4.69. The average Bonchev–Trinajstić information content (AvgIpc) is 2.61. The number of unbranched alkanes of at least 4 members (excludes halogenated alkanes) is 2. The van der Waals surface area contributed by atoms with Gasteiger partial charge in [-0.25, -0.2) is 0 Å². The lowest BCUT2D eigenvalue weighted by Crippen LogP contribution is -2.14. The molecule has 0 amide bonds. The van der Waals surface area contributed by atoms with Crippen LogP contribution in [0.5, 0.6) is 11.5 Å². The van der Waals surface area contributed by atoms with E-state index < -0.39 is 6.10 Å². The van der Waals surface area contributed by atoms with E-state index in [1.54, 1.807) is 7.11 Å². The monoisotopic (exact) mass is 414 g/mol. The van der Waals surface area contributed by atoms with Gasteiger partial charge < -0.3 is 14.6 Å². The van der Waals surface area contributed by atoms with E-state index in [1.807, 2.05) is 18.2 Å². The number of hydrogen-bond acceptors (Lipinski definition) is 4. The highest BCUT2D eigenvalue weighted by Crippen LogP contribution is 2.28. The number of alkyl halides is 1. The molecule has 1 unspecified atom stereocenters. The van der Waals surface area contributed by atoms with Crippen LogP contribution < -0.4 is 9.47 Å². The van der Waals surface area contributed by atoms with Gasteiger partial charge in [-0.2, -0.15) is 0 Å². The fourth-order valence-electron chi connectivity index (χ4n) is 2.60. The van der Waals surface area contributed by atoms with Gasteiger partial charge >= 0.3 is 0 Å². The lowest BCUT2D eigenvalue weighted by molar-refractivity contribution is -0.121. The van der Waals surface area contributed by atoms with Crippen LogP contribution in [-0.2, 0) is 11.2 Å². The highest BCUT2D eigenvalue weighted by molar-refractivity contribution is 9.09. The Labute approximate surface area is 160 Å². The Morgan fingerprint density at radius 1 is 1.24 bits per heavy atom. The lowest BCUT2D eigenvalue weighted by Gasteiger charge is -2.12. The Morgan fingerprint density at radius 2 is 2.04 bits per heavy atom. The first-order valence-corrected chi connectivity index (χ1v) is 10.3. The van der Waals surface area contributed by atoms with Crippen LogP contribution in [0.3, 0.4) is 0 Å². The summed E-state index contributed by atoms with van der Waals surface area (Å²) in [6.45, 7) is 2.76. The molecule has 0 spiro atoms. The van der Waals surface area contributed by atoms with Gasteiger partial charge in [-0.1, -0.05) is 48.2 Å². The van der Waals surface area contributed by atoms with Gasteiger partial charge in [0.1, 0.15) is 5.78 Å². The largest absolute Gasteiger partial charge is 0.493 e. The maximum Gasteiger partial charge on any atom is 0.161 e. The third-order valence-corrected chi connectivity index (χ3v) is 4.62. The van der Waals surface area contributed by atoms with Crippen LogP contribution >= 0.6 is 15.9 Å². The third kappa shape index (κ3) is 9.26. The van der Waals surface area contributed by atoms with Gasteiger partial charge in [-0.15, -0.1) is 0 Å². The van der Waals surface area contributed by atoms with E-state index in [0.717, 1.165) is 42.3 Å². The number of ether oxygens (including phenoxy) is 2. The van der Waals surface area contributed by atoms with E-state index >= 15 is 0 Å². The minimum absolute atomic E-state index is 0.112. The summed E-state index contributed by atoms with van der Waals surface area (Å²) in [6.07, 6.45) is 5.71. The summed E-state index contributed by atoms with van der Waals surface area (Å²) in [5, 5.41) is 10.8. The van der Waals surface area contributed by atoms with Crippen molar-refractivity contribution in [3.8, 4) is 11.5 Å². The molecule has 0 aromatic heterocycles. The molecule has 0 aliphatic carbocycles. The minimum Gasteiger partial charge on any atom is -0.493 e. The van der Waals surface area contributed by atoms with Crippen molar-refractivity contribution in [2.45, 2.75) is 64.4 Å². The van der Waals surface area contributed by atoms with Gasteiger partial charge in [0, 0.05) is 18.2 Å². The van der Waals surface area contributed by atoms with Gasteiger partial charge in [0.15, 0.2) is 11.5 Å². The van der Waals surface area contributed by atoms with Crippen molar-refractivity contribution in [3.05, 3.63) is 23.8 Å². The van der Waals surface area contributed by atoms with Crippen LogP contribution in [0.2, 0.25) is 0 Å². The maximum absolute atomic E-state index is 12.0. The molecule has 0 radical (unpaired) electrons. The zero-order valence-corrected chi connectivity index (χ0v) is 17.0. The van der Waals surface area contributed by atoms with Crippen LogP contribution in [0.15, 0.2) is 18.2 Å². The molecule has 5 heteroatoms. The molecular formula is C20H31BrO4. The first kappa shape index (κ1) is 22.0. The smallest absolute Gasteiger partial charge is 0.161 e. The number of aliphatic hydroxyl groups is 1. The van der Waals surface area contributed by atoms with Crippen molar-refractivity contribution in [3.63, 3.8) is 0 Å². The molecule has 1 aromatic rings. The first-order valence-electron chi connectivity index (χ1n) is 9.16. The molecule has 0 aliphatic heterocycles. The molecule has 0 bridgehead atoms. The molecule has 1 rings (SSSR count). The van der Waals surface area contributed by atoms with Gasteiger partial charge in [-0.3, -0.25) is 4.79 Å². The summed E-state index contributed by atoms with van der Waals surface area (Å²) in [6, 6.07) is 5.79. The van der Waals surface area contributed by atoms with Gasteiger partial charge in [0.2, 0.25) is 0 Å². The Bertz CT molecular complexity index is 504. The molecule has 1 atom stereocenters. The molecule has 0 saturated carbocycles. The molecule has 0 heterocycles. The van der Waals surface area contributed by atoms with Crippen LogP contribution in [-0.4, -0.2) is 36.0 Å². The quantitative estimate of drug-likeness (QED) is 0.354. The van der Waals surface area contributed by atoms with E-state index in [1.165, 1.54) is 0 Å². The minimum atomic E-state index is -0.501. The van der Waals surface area contributed by atoms with Crippen LogP contribution in [0.4, 0.5) is 0 Å². The van der Waals surface area contributed by atoms with E-state index in [2.05, 4.69) is 22.9 Å². The third-order valence-electron chi connectivity index (χ3n) is 4.06. The number of methoxy groups -OCH3 is 1. The summed E-state index contributed by atoms with van der Waals surface area (Å²) >= 11 is 3.38. The second-order valence-electron chi connectivity index (χ2n) is 6.27. The van der Waals surface area contributed by atoms with Gasteiger partial charge in [0.25, 0.3) is 0 Å². The van der Waals surface area contributed by atoms with Gasteiger partial charge in [0.05, 0.1) is 19.8 Å². The topological polar surface area (TPSA) is 55.8 Å². The summed E-state index contributed by atoms with van der Waals surface area (Å²) in [7, 11) is 1.62. The molecule has 0 fully saturated rings. The Balaban J connectivity index is 2.44. The summed E-state index contributed by atoms with van der Waals surface area (Å²) < 4.78 is 11.1. The second kappa shape index (κ2) is 13.2. The standard InChI is InChI=1S/C20H31BrO4/c1-3-4-5-7-17(22)15-18(23)10-8-16-9-11-19(20(14-16)24-2)25-13-6-12-21/h9,11,14,17,22H,3-8,10,12-13,15H2,1-2H3. The number of rotatable bonds is 14. The summed E-state index contributed by atoms with van der Waals surface area (Å²) in [5.74, 6) is 1.53. The van der Waals surface area contributed by atoms with E-state index in [9.17, 15) is 9.90 Å². The number of carbonyl (C=O) groups excluding carboxylic acids is 1. The van der Waals surface area contributed by atoms with Crippen molar-refractivity contribution in [1.82, 2.24) is 0 Å². The molecular weight excluding hydrogens is 384 g/mol. The molecule has 1 aromatic carbocycles.